The number of hydrogen-bond donors (Lipinski definition) is 1. The van der Waals surface area contributed by atoms with E-state index in [0.29, 0.717) is 11.3 Å². The first-order valence-electron chi connectivity index (χ1n) is 11.1. The van der Waals surface area contributed by atoms with Crippen molar-refractivity contribution in [3.8, 4) is 0 Å². The van der Waals surface area contributed by atoms with Gasteiger partial charge in [0, 0.05) is 12.8 Å². The second kappa shape index (κ2) is 7.72. The van der Waals surface area contributed by atoms with Gasteiger partial charge in [-0.2, -0.15) is 0 Å². The lowest BCUT2D eigenvalue weighted by atomic mass is 9.71. The van der Waals surface area contributed by atoms with Gasteiger partial charge in [-0.1, -0.05) is 41.0 Å². The van der Waals surface area contributed by atoms with Crippen molar-refractivity contribution >= 4 is 0 Å². The van der Waals surface area contributed by atoms with Crippen LogP contribution >= 0.6 is 0 Å². The van der Waals surface area contributed by atoms with Crippen LogP contribution in [0.15, 0.2) is 0 Å². The van der Waals surface area contributed by atoms with Crippen molar-refractivity contribution in [2.75, 3.05) is 6.61 Å². The normalized spacial score (nSPS) is 39.9. The molecule has 3 aliphatic rings. The lowest BCUT2D eigenvalue weighted by molar-refractivity contribution is -0.199. The molecule has 26 heavy (non-hydrogen) atoms. The van der Waals surface area contributed by atoms with Gasteiger partial charge >= 0.3 is 0 Å². The summed E-state index contributed by atoms with van der Waals surface area (Å²) in [5.74, 6) is 1.19. The van der Waals surface area contributed by atoms with Gasteiger partial charge in [0.05, 0.1) is 18.8 Å². The molecule has 1 saturated heterocycles. The molecule has 3 nitrogen and oxygen atoms in total. The van der Waals surface area contributed by atoms with E-state index in [1.807, 2.05) is 0 Å². The van der Waals surface area contributed by atoms with E-state index in [9.17, 15) is 5.11 Å². The molecule has 3 heteroatoms. The van der Waals surface area contributed by atoms with Gasteiger partial charge < -0.3 is 14.6 Å². The van der Waals surface area contributed by atoms with Crippen molar-refractivity contribution in [1.29, 1.82) is 0 Å². The van der Waals surface area contributed by atoms with E-state index in [0.717, 1.165) is 57.5 Å². The van der Waals surface area contributed by atoms with Crippen LogP contribution in [0.2, 0.25) is 0 Å². The third-order valence-electron chi connectivity index (χ3n) is 7.68. The van der Waals surface area contributed by atoms with Gasteiger partial charge in [-0.05, 0) is 67.6 Å². The first-order valence-corrected chi connectivity index (χ1v) is 11.1. The largest absolute Gasteiger partial charge is 0.393 e. The summed E-state index contributed by atoms with van der Waals surface area (Å²) in [5, 5.41) is 9.96. The second-order valence-electron chi connectivity index (χ2n) is 11.2. The fourth-order valence-electron chi connectivity index (χ4n) is 5.72. The van der Waals surface area contributed by atoms with Gasteiger partial charge in [-0.25, -0.2) is 0 Å². The first kappa shape index (κ1) is 20.6. The summed E-state index contributed by atoms with van der Waals surface area (Å²) in [6, 6.07) is 0. The van der Waals surface area contributed by atoms with Gasteiger partial charge in [0.25, 0.3) is 0 Å². The van der Waals surface area contributed by atoms with Crippen molar-refractivity contribution in [1.82, 2.24) is 0 Å². The Balaban J connectivity index is 1.52. The van der Waals surface area contributed by atoms with Crippen molar-refractivity contribution in [3.63, 3.8) is 0 Å². The van der Waals surface area contributed by atoms with Gasteiger partial charge in [0.1, 0.15) is 0 Å². The van der Waals surface area contributed by atoms with Gasteiger partial charge in [-0.3, -0.25) is 0 Å². The summed E-state index contributed by atoms with van der Waals surface area (Å²) in [7, 11) is 0. The predicted molar refractivity (Wildman–Crippen MR) is 106 cm³/mol. The third kappa shape index (κ3) is 4.83. The summed E-state index contributed by atoms with van der Waals surface area (Å²) in [4.78, 5) is 0. The van der Waals surface area contributed by atoms with Gasteiger partial charge in [0.2, 0.25) is 0 Å². The Hall–Kier alpha value is -0.120. The van der Waals surface area contributed by atoms with Crippen LogP contribution in [0.1, 0.15) is 98.8 Å². The molecule has 3 atom stereocenters. The molecule has 3 unspecified atom stereocenters. The Bertz CT molecular complexity index is 457. The number of aliphatic hydroxyl groups is 1. The third-order valence-corrected chi connectivity index (χ3v) is 7.68. The van der Waals surface area contributed by atoms with Gasteiger partial charge in [0.15, 0.2) is 5.79 Å². The molecule has 2 saturated carbocycles. The standard InChI is InChI=1S/C23H42O3/c1-21(2,3)17-11-13-23(14-12-17)25-16-20(26-23)15-22(4,5)18-7-6-8-19(24)10-9-18/h17-20,24H,6-16H2,1-5H3. The molecule has 0 aromatic heterocycles. The Labute approximate surface area is 161 Å². The number of aliphatic hydroxyl groups excluding tert-OH is 1. The molecule has 0 aromatic rings. The highest BCUT2D eigenvalue weighted by atomic mass is 16.7. The van der Waals surface area contributed by atoms with Crippen molar-refractivity contribution in [2.45, 2.75) is 117 Å². The second-order valence-corrected chi connectivity index (χ2v) is 11.2. The van der Waals surface area contributed by atoms with E-state index in [1.54, 1.807) is 0 Å². The first-order chi connectivity index (χ1) is 12.1. The van der Waals surface area contributed by atoms with Crippen LogP contribution in [-0.2, 0) is 9.47 Å². The highest BCUT2D eigenvalue weighted by molar-refractivity contribution is 4.91. The predicted octanol–water partition coefficient (Wildman–Crippen LogP) is 5.69. The zero-order chi connectivity index (χ0) is 19.0. The Kier molecular flexibility index (Phi) is 6.12. The zero-order valence-electron chi connectivity index (χ0n) is 17.9. The van der Waals surface area contributed by atoms with Crippen LogP contribution in [0.4, 0.5) is 0 Å². The molecule has 0 amide bonds. The number of rotatable bonds is 3. The quantitative estimate of drug-likeness (QED) is 0.652. The van der Waals surface area contributed by atoms with Crippen LogP contribution in [0.25, 0.3) is 0 Å². The molecule has 0 aromatic carbocycles. The molecular formula is C23H42O3. The number of hydrogen-bond acceptors (Lipinski definition) is 3. The smallest absolute Gasteiger partial charge is 0.168 e. The minimum atomic E-state index is -0.290. The van der Waals surface area contributed by atoms with Crippen molar-refractivity contribution < 1.29 is 14.6 Å². The van der Waals surface area contributed by atoms with Crippen molar-refractivity contribution in [2.24, 2.45) is 22.7 Å². The molecule has 1 heterocycles. The van der Waals surface area contributed by atoms with E-state index in [2.05, 4.69) is 34.6 Å². The SMILES string of the molecule is CC(C)(C)C1CCC2(CC1)OCC(CC(C)(C)C1CCCC(O)CC1)O2. The molecular weight excluding hydrogens is 324 g/mol. The fourth-order valence-corrected chi connectivity index (χ4v) is 5.72. The Morgan fingerprint density at radius 1 is 0.885 bits per heavy atom. The van der Waals surface area contributed by atoms with Crippen LogP contribution in [0.5, 0.6) is 0 Å². The maximum Gasteiger partial charge on any atom is 0.168 e. The number of ether oxygens (including phenoxy) is 2. The average molecular weight is 367 g/mol. The maximum absolute atomic E-state index is 9.96. The molecule has 3 rings (SSSR count). The minimum Gasteiger partial charge on any atom is -0.393 e. The molecule has 2 aliphatic carbocycles. The fraction of sp³-hybridized carbons (Fsp3) is 1.00. The molecule has 0 radical (unpaired) electrons. The summed E-state index contributed by atoms with van der Waals surface area (Å²) in [6.07, 6.45) is 11.3. The van der Waals surface area contributed by atoms with E-state index >= 15 is 0 Å². The lowest BCUT2D eigenvalue weighted by Gasteiger charge is -2.41. The Morgan fingerprint density at radius 3 is 2.23 bits per heavy atom. The van der Waals surface area contributed by atoms with Crippen LogP contribution in [-0.4, -0.2) is 29.7 Å². The minimum absolute atomic E-state index is 0.0804. The molecule has 1 aliphatic heterocycles. The molecule has 1 N–H and O–H groups in total. The van der Waals surface area contributed by atoms with E-state index in [-0.39, 0.29) is 23.4 Å². The molecule has 0 bridgehead atoms. The highest BCUT2D eigenvalue weighted by Gasteiger charge is 2.47. The van der Waals surface area contributed by atoms with Gasteiger partial charge in [-0.15, -0.1) is 0 Å². The lowest BCUT2D eigenvalue weighted by Crippen LogP contribution is -2.39. The van der Waals surface area contributed by atoms with E-state index in [1.165, 1.54) is 19.3 Å². The summed E-state index contributed by atoms with van der Waals surface area (Å²) in [6.45, 7) is 12.7. The summed E-state index contributed by atoms with van der Waals surface area (Å²) < 4.78 is 12.8. The molecule has 3 fully saturated rings. The summed E-state index contributed by atoms with van der Waals surface area (Å²) >= 11 is 0. The molecule has 152 valence electrons. The molecule has 1 spiro atoms. The van der Waals surface area contributed by atoms with Crippen LogP contribution in [0, 0.1) is 22.7 Å². The topological polar surface area (TPSA) is 38.7 Å². The zero-order valence-corrected chi connectivity index (χ0v) is 17.9. The average Bonchev–Trinajstić information content (AvgIpc) is 2.77. The maximum atomic E-state index is 9.96. The van der Waals surface area contributed by atoms with Crippen molar-refractivity contribution in [3.05, 3.63) is 0 Å². The van der Waals surface area contributed by atoms with Crippen LogP contribution in [0.3, 0.4) is 0 Å². The van der Waals surface area contributed by atoms with E-state index in [4.69, 9.17) is 9.47 Å². The highest BCUT2D eigenvalue weighted by Crippen LogP contribution is 2.48. The monoisotopic (exact) mass is 366 g/mol. The van der Waals surface area contributed by atoms with E-state index < -0.39 is 0 Å². The van der Waals surface area contributed by atoms with Crippen LogP contribution < -0.4 is 0 Å². The Morgan fingerprint density at radius 2 is 1.58 bits per heavy atom. The summed E-state index contributed by atoms with van der Waals surface area (Å²) in [5.41, 5.74) is 0.651.